The minimum absolute atomic E-state index is 0.100. The number of benzene rings is 1. The zero-order valence-electron chi connectivity index (χ0n) is 10.3. The number of rotatable bonds is 4. The number of thioether (sulfide) groups is 1. The summed E-state index contributed by atoms with van der Waals surface area (Å²) in [5.41, 5.74) is 6.83. The van der Waals surface area contributed by atoms with Crippen LogP contribution in [0.15, 0.2) is 23.1 Å². The molecular weight excluding hydrogens is 233 g/mol. The second-order valence-electron chi connectivity index (χ2n) is 4.91. The van der Waals surface area contributed by atoms with Crippen LogP contribution in [0, 0.1) is 11.7 Å². The zero-order valence-corrected chi connectivity index (χ0v) is 11.1. The lowest BCUT2D eigenvalue weighted by atomic mass is 10.1. The van der Waals surface area contributed by atoms with Gasteiger partial charge in [0, 0.05) is 16.7 Å². The summed E-state index contributed by atoms with van der Waals surface area (Å²) >= 11 is 1.64. The Kier molecular flexibility index (Phi) is 4.46. The van der Waals surface area contributed by atoms with Crippen LogP contribution in [0.2, 0.25) is 0 Å². The van der Waals surface area contributed by atoms with Gasteiger partial charge in [-0.3, -0.25) is 0 Å². The lowest BCUT2D eigenvalue weighted by molar-refractivity contribution is 0.588. The van der Waals surface area contributed by atoms with Gasteiger partial charge in [0.25, 0.3) is 0 Å². The lowest BCUT2D eigenvalue weighted by Gasteiger charge is -2.15. The van der Waals surface area contributed by atoms with Crippen molar-refractivity contribution in [3.8, 4) is 0 Å². The monoisotopic (exact) mass is 253 g/mol. The van der Waals surface area contributed by atoms with Crippen LogP contribution >= 0.6 is 11.8 Å². The molecule has 0 heterocycles. The normalized spacial score (nSPS) is 18.5. The van der Waals surface area contributed by atoms with Crippen molar-refractivity contribution >= 4 is 11.8 Å². The summed E-state index contributed by atoms with van der Waals surface area (Å²) in [6.45, 7) is 1.91. The van der Waals surface area contributed by atoms with Crippen LogP contribution in [-0.2, 0) is 0 Å². The molecule has 1 fully saturated rings. The molecule has 94 valence electrons. The van der Waals surface area contributed by atoms with Crippen molar-refractivity contribution in [2.75, 3.05) is 5.75 Å². The molecule has 1 saturated carbocycles. The molecule has 17 heavy (non-hydrogen) atoms. The largest absolute Gasteiger partial charge is 0.324 e. The van der Waals surface area contributed by atoms with Crippen molar-refractivity contribution in [1.82, 2.24) is 0 Å². The Hall–Kier alpha value is -0.540. The van der Waals surface area contributed by atoms with Crippen molar-refractivity contribution < 1.29 is 4.39 Å². The van der Waals surface area contributed by atoms with E-state index in [0.717, 1.165) is 22.1 Å². The number of halogens is 1. The highest BCUT2D eigenvalue weighted by atomic mass is 32.2. The molecule has 3 heteroatoms. The smallest absolute Gasteiger partial charge is 0.137 e. The van der Waals surface area contributed by atoms with Crippen LogP contribution < -0.4 is 5.73 Å². The van der Waals surface area contributed by atoms with Crippen molar-refractivity contribution in [2.45, 2.75) is 43.5 Å². The fourth-order valence-corrected chi connectivity index (χ4v) is 3.78. The van der Waals surface area contributed by atoms with E-state index in [-0.39, 0.29) is 11.9 Å². The topological polar surface area (TPSA) is 26.0 Å². The number of hydrogen-bond acceptors (Lipinski definition) is 2. The molecule has 1 unspecified atom stereocenters. The Morgan fingerprint density at radius 2 is 2.12 bits per heavy atom. The molecule has 0 amide bonds. The summed E-state index contributed by atoms with van der Waals surface area (Å²) in [7, 11) is 0. The minimum atomic E-state index is -0.122. The van der Waals surface area contributed by atoms with E-state index in [9.17, 15) is 4.39 Å². The Labute approximate surface area is 107 Å². The first kappa shape index (κ1) is 12.9. The van der Waals surface area contributed by atoms with Gasteiger partial charge >= 0.3 is 0 Å². The van der Waals surface area contributed by atoms with Crippen molar-refractivity contribution in [2.24, 2.45) is 11.7 Å². The van der Waals surface area contributed by atoms with Crippen LogP contribution in [0.5, 0.6) is 0 Å². The highest BCUT2D eigenvalue weighted by Gasteiger charge is 2.18. The highest BCUT2D eigenvalue weighted by molar-refractivity contribution is 7.99. The van der Waals surface area contributed by atoms with Gasteiger partial charge < -0.3 is 5.73 Å². The quantitative estimate of drug-likeness (QED) is 0.817. The average Bonchev–Trinajstić information content (AvgIpc) is 2.80. The number of hydrogen-bond donors (Lipinski definition) is 1. The third-order valence-electron chi connectivity index (χ3n) is 3.43. The van der Waals surface area contributed by atoms with Gasteiger partial charge in [0.05, 0.1) is 0 Å². The summed E-state index contributed by atoms with van der Waals surface area (Å²) in [6.07, 6.45) is 5.27. The van der Waals surface area contributed by atoms with Crippen molar-refractivity contribution in [1.29, 1.82) is 0 Å². The Morgan fingerprint density at radius 1 is 1.41 bits per heavy atom. The van der Waals surface area contributed by atoms with Gasteiger partial charge in [0.15, 0.2) is 0 Å². The van der Waals surface area contributed by atoms with Crippen molar-refractivity contribution in [3.63, 3.8) is 0 Å². The second kappa shape index (κ2) is 5.87. The minimum Gasteiger partial charge on any atom is -0.324 e. The first-order valence-corrected chi connectivity index (χ1v) is 7.34. The first-order valence-electron chi connectivity index (χ1n) is 6.35. The predicted octanol–water partition coefficient (Wildman–Crippen LogP) is 4.13. The molecule has 0 radical (unpaired) electrons. The molecule has 0 aliphatic heterocycles. The van der Waals surface area contributed by atoms with Gasteiger partial charge in [-0.1, -0.05) is 25.0 Å². The van der Waals surface area contributed by atoms with Gasteiger partial charge in [-0.15, -0.1) is 11.8 Å². The molecule has 1 aromatic rings. The summed E-state index contributed by atoms with van der Waals surface area (Å²) in [5.74, 6) is 1.67. The molecule has 0 spiro atoms. The molecule has 0 aromatic heterocycles. The molecular formula is C14H20FNS. The van der Waals surface area contributed by atoms with Crippen LogP contribution in [-0.4, -0.2) is 5.75 Å². The van der Waals surface area contributed by atoms with Gasteiger partial charge in [0.1, 0.15) is 5.82 Å². The molecule has 0 bridgehead atoms. The second-order valence-corrected chi connectivity index (χ2v) is 5.94. The van der Waals surface area contributed by atoms with Crippen molar-refractivity contribution in [3.05, 3.63) is 29.6 Å². The van der Waals surface area contributed by atoms with Gasteiger partial charge in [0.2, 0.25) is 0 Å². The van der Waals surface area contributed by atoms with E-state index in [1.807, 2.05) is 13.0 Å². The third kappa shape index (κ3) is 3.23. The first-order chi connectivity index (χ1) is 8.18. The molecule has 2 N–H and O–H groups in total. The maximum absolute atomic E-state index is 13.8. The molecule has 1 nitrogen and oxygen atoms in total. The Morgan fingerprint density at radius 3 is 2.76 bits per heavy atom. The van der Waals surface area contributed by atoms with E-state index in [1.54, 1.807) is 17.8 Å². The highest BCUT2D eigenvalue weighted by Crippen LogP contribution is 2.34. The fourth-order valence-electron chi connectivity index (χ4n) is 2.41. The van der Waals surface area contributed by atoms with E-state index in [1.165, 1.54) is 31.7 Å². The maximum Gasteiger partial charge on any atom is 0.137 e. The van der Waals surface area contributed by atoms with Crippen LogP contribution in [0.4, 0.5) is 4.39 Å². The summed E-state index contributed by atoms with van der Waals surface area (Å²) < 4.78 is 13.8. The van der Waals surface area contributed by atoms with E-state index >= 15 is 0 Å². The summed E-state index contributed by atoms with van der Waals surface area (Å²) in [4.78, 5) is 0.759. The van der Waals surface area contributed by atoms with E-state index in [2.05, 4.69) is 0 Å². The standard InChI is InChI=1S/C14H20FNS/c1-10(16)12-7-4-8-13(15)14(12)17-9-11-5-2-3-6-11/h4,7-8,10-11H,2-3,5-6,9,16H2,1H3. The van der Waals surface area contributed by atoms with Gasteiger partial charge in [-0.2, -0.15) is 0 Å². The van der Waals surface area contributed by atoms with Crippen LogP contribution in [0.1, 0.15) is 44.2 Å². The zero-order chi connectivity index (χ0) is 12.3. The maximum atomic E-state index is 13.8. The third-order valence-corrected chi connectivity index (χ3v) is 4.78. The van der Waals surface area contributed by atoms with E-state index in [0.29, 0.717) is 0 Å². The molecule has 1 aromatic carbocycles. The average molecular weight is 253 g/mol. The summed E-state index contributed by atoms with van der Waals surface area (Å²) in [5, 5.41) is 0. The molecule has 1 aliphatic rings. The molecule has 1 aliphatic carbocycles. The summed E-state index contributed by atoms with van der Waals surface area (Å²) in [6, 6.07) is 5.11. The molecule has 1 atom stereocenters. The van der Waals surface area contributed by atoms with Crippen LogP contribution in [0.3, 0.4) is 0 Å². The fraction of sp³-hybridized carbons (Fsp3) is 0.571. The van der Waals surface area contributed by atoms with Gasteiger partial charge in [-0.25, -0.2) is 4.39 Å². The SMILES string of the molecule is CC(N)c1cccc(F)c1SCC1CCCC1. The van der Waals surface area contributed by atoms with Gasteiger partial charge in [-0.05, 0) is 37.3 Å². The Bertz CT molecular complexity index is 372. The van der Waals surface area contributed by atoms with E-state index in [4.69, 9.17) is 5.73 Å². The predicted molar refractivity (Wildman–Crippen MR) is 71.7 cm³/mol. The Balaban J connectivity index is 2.07. The van der Waals surface area contributed by atoms with E-state index < -0.39 is 0 Å². The molecule has 2 rings (SSSR count). The number of nitrogens with two attached hydrogens (primary N) is 1. The lowest BCUT2D eigenvalue weighted by Crippen LogP contribution is -2.08. The van der Waals surface area contributed by atoms with Crippen LogP contribution in [0.25, 0.3) is 0 Å². The molecule has 0 saturated heterocycles.